The van der Waals surface area contributed by atoms with Crippen molar-refractivity contribution in [3.8, 4) is 6.07 Å². The Morgan fingerprint density at radius 1 is 1.44 bits per heavy atom. The second kappa shape index (κ2) is 6.26. The molecular formula is C14H14BrClN2. The monoisotopic (exact) mass is 324 g/mol. The second-order valence-electron chi connectivity index (χ2n) is 4.42. The van der Waals surface area contributed by atoms with Crippen molar-refractivity contribution >= 4 is 33.2 Å². The van der Waals surface area contributed by atoms with Crippen LogP contribution in [0.3, 0.4) is 0 Å². The third-order valence-electron chi connectivity index (χ3n) is 3.16. The summed E-state index contributed by atoms with van der Waals surface area (Å²) >= 11 is 9.34. The van der Waals surface area contributed by atoms with Crippen LogP contribution >= 0.6 is 27.5 Å². The highest BCUT2D eigenvalue weighted by molar-refractivity contribution is 9.10. The fourth-order valence-corrected chi connectivity index (χ4v) is 2.64. The Hall–Kier alpha value is -0.980. The van der Waals surface area contributed by atoms with Gasteiger partial charge < -0.3 is 5.32 Å². The Balaban J connectivity index is 2.08. The van der Waals surface area contributed by atoms with Crippen molar-refractivity contribution in [2.45, 2.75) is 25.3 Å². The summed E-state index contributed by atoms with van der Waals surface area (Å²) in [6, 6.07) is 7.84. The molecule has 0 heterocycles. The van der Waals surface area contributed by atoms with Crippen molar-refractivity contribution in [3.63, 3.8) is 0 Å². The zero-order chi connectivity index (χ0) is 13.0. The molecule has 2 rings (SSSR count). The molecule has 18 heavy (non-hydrogen) atoms. The summed E-state index contributed by atoms with van der Waals surface area (Å²) in [6.45, 7) is 0. The van der Waals surface area contributed by atoms with E-state index >= 15 is 0 Å². The molecule has 2 unspecified atom stereocenters. The number of hydrogen-bond acceptors (Lipinski definition) is 2. The molecule has 0 aliphatic heterocycles. The predicted octanol–water partition coefficient (Wildman–Crippen LogP) is 4.76. The number of anilines is 1. The van der Waals surface area contributed by atoms with Gasteiger partial charge in [0.25, 0.3) is 0 Å². The van der Waals surface area contributed by atoms with E-state index in [1.165, 1.54) is 0 Å². The SMILES string of the molecule is N#CC(Nc1ccc(Cl)c(Br)c1)C1CC=CCC1. The fourth-order valence-electron chi connectivity index (χ4n) is 2.14. The average molecular weight is 326 g/mol. The van der Waals surface area contributed by atoms with E-state index < -0.39 is 0 Å². The second-order valence-corrected chi connectivity index (χ2v) is 5.69. The van der Waals surface area contributed by atoms with Gasteiger partial charge in [-0.05, 0) is 59.3 Å². The molecule has 2 nitrogen and oxygen atoms in total. The predicted molar refractivity (Wildman–Crippen MR) is 78.7 cm³/mol. The van der Waals surface area contributed by atoms with Gasteiger partial charge in [-0.25, -0.2) is 0 Å². The first-order valence-electron chi connectivity index (χ1n) is 5.97. The smallest absolute Gasteiger partial charge is 0.117 e. The lowest BCUT2D eigenvalue weighted by Crippen LogP contribution is -2.28. The number of allylic oxidation sites excluding steroid dienone is 2. The summed E-state index contributed by atoms with van der Waals surface area (Å²) in [6.07, 6.45) is 7.45. The Kier molecular flexibility index (Phi) is 4.68. The van der Waals surface area contributed by atoms with Gasteiger partial charge >= 0.3 is 0 Å². The average Bonchev–Trinajstić information content (AvgIpc) is 2.41. The molecular weight excluding hydrogens is 312 g/mol. The molecule has 0 bridgehead atoms. The Morgan fingerprint density at radius 2 is 2.28 bits per heavy atom. The minimum atomic E-state index is -0.150. The third kappa shape index (κ3) is 3.28. The number of hydrogen-bond donors (Lipinski definition) is 1. The van der Waals surface area contributed by atoms with Crippen LogP contribution in [0, 0.1) is 17.2 Å². The van der Waals surface area contributed by atoms with Crippen LogP contribution in [0.25, 0.3) is 0 Å². The number of rotatable bonds is 3. The Labute approximate surface area is 121 Å². The van der Waals surface area contributed by atoms with Gasteiger partial charge in [0.1, 0.15) is 6.04 Å². The molecule has 0 spiro atoms. The highest BCUT2D eigenvalue weighted by atomic mass is 79.9. The van der Waals surface area contributed by atoms with Gasteiger partial charge in [-0.3, -0.25) is 0 Å². The summed E-state index contributed by atoms with van der Waals surface area (Å²) < 4.78 is 0.842. The van der Waals surface area contributed by atoms with Gasteiger partial charge in [-0.2, -0.15) is 5.26 Å². The van der Waals surface area contributed by atoms with E-state index in [1.807, 2.05) is 18.2 Å². The number of benzene rings is 1. The van der Waals surface area contributed by atoms with Crippen LogP contribution in [0.5, 0.6) is 0 Å². The molecule has 2 atom stereocenters. The molecule has 0 fully saturated rings. The van der Waals surface area contributed by atoms with Crippen molar-refractivity contribution < 1.29 is 0 Å². The summed E-state index contributed by atoms with van der Waals surface area (Å²) in [5, 5.41) is 13.2. The van der Waals surface area contributed by atoms with Crippen LogP contribution in [-0.2, 0) is 0 Å². The maximum absolute atomic E-state index is 9.29. The van der Waals surface area contributed by atoms with Crippen LogP contribution in [0.2, 0.25) is 5.02 Å². The van der Waals surface area contributed by atoms with Gasteiger partial charge in [0.05, 0.1) is 11.1 Å². The van der Waals surface area contributed by atoms with Crippen molar-refractivity contribution in [2.75, 3.05) is 5.32 Å². The zero-order valence-electron chi connectivity index (χ0n) is 9.87. The minimum Gasteiger partial charge on any atom is -0.370 e. The molecule has 1 aromatic rings. The molecule has 1 aliphatic rings. The largest absolute Gasteiger partial charge is 0.370 e. The van der Waals surface area contributed by atoms with Gasteiger partial charge in [0.2, 0.25) is 0 Å². The zero-order valence-corrected chi connectivity index (χ0v) is 12.2. The first-order valence-corrected chi connectivity index (χ1v) is 7.14. The lowest BCUT2D eigenvalue weighted by atomic mass is 9.88. The summed E-state index contributed by atoms with van der Waals surface area (Å²) in [4.78, 5) is 0. The molecule has 0 radical (unpaired) electrons. The molecule has 4 heteroatoms. The lowest BCUT2D eigenvalue weighted by Gasteiger charge is -2.24. The van der Waals surface area contributed by atoms with Crippen LogP contribution in [0.15, 0.2) is 34.8 Å². The first kappa shape index (κ1) is 13.5. The van der Waals surface area contributed by atoms with E-state index in [0.29, 0.717) is 10.9 Å². The van der Waals surface area contributed by atoms with Gasteiger partial charge in [-0.15, -0.1) is 0 Å². The van der Waals surface area contributed by atoms with E-state index in [0.717, 1.165) is 29.4 Å². The molecule has 0 amide bonds. The lowest BCUT2D eigenvalue weighted by molar-refractivity contribution is 0.458. The fraction of sp³-hybridized carbons (Fsp3) is 0.357. The normalized spacial score (nSPS) is 20.2. The van der Waals surface area contributed by atoms with Crippen LogP contribution in [0.4, 0.5) is 5.69 Å². The Morgan fingerprint density at radius 3 is 2.89 bits per heavy atom. The molecule has 0 saturated heterocycles. The highest BCUT2D eigenvalue weighted by Gasteiger charge is 2.21. The third-order valence-corrected chi connectivity index (χ3v) is 4.38. The number of nitriles is 1. The summed E-state index contributed by atoms with van der Waals surface area (Å²) in [7, 11) is 0. The van der Waals surface area contributed by atoms with Gasteiger partial charge in [0.15, 0.2) is 0 Å². The molecule has 0 saturated carbocycles. The number of nitrogens with one attached hydrogen (secondary N) is 1. The van der Waals surface area contributed by atoms with E-state index in [9.17, 15) is 5.26 Å². The quantitative estimate of drug-likeness (QED) is 0.813. The topological polar surface area (TPSA) is 35.8 Å². The van der Waals surface area contributed by atoms with E-state index in [-0.39, 0.29) is 6.04 Å². The van der Waals surface area contributed by atoms with E-state index in [2.05, 4.69) is 39.5 Å². The van der Waals surface area contributed by atoms with Crippen LogP contribution < -0.4 is 5.32 Å². The van der Waals surface area contributed by atoms with E-state index in [4.69, 9.17) is 11.6 Å². The standard InChI is InChI=1S/C14H14BrClN2/c15-12-8-11(6-7-13(12)16)18-14(9-17)10-4-2-1-3-5-10/h1-2,6-8,10,14,18H,3-5H2. The van der Waals surface area contributed by atoms with Gasteiger partial charge in [-0.1, -0.05) is 23.8 Å². The molecule has 1 N–H and O–H groups in total. The number of halogens is 2. The maximum atomic E-state index is 9.29. The van der Waals surface area contributed by atoms with Crippen molar-refractivity contribution in [1.82, 2.24) is 0 Å². The van der Waals surface area contributed by atoms with Crippen molar-refractivity contribution in [3.05, 3.63) is 39.8 Å². The molecule has 94 valence electrons. The maximum Gasteiger partial charge on any atom is 0.117 e. The number of nitrogens with zero attached hydrogens (tertiary/aromatic N) is 1. The molecule has 1 aliphatic carbocycles. The van der Waals surface area contributed by atoms with Crippen LogP contribution in [0.1, 0.15) is 19.3 Å². The summed E-state index contributed by atoms with van der Waals surface area (Å²) in [5.41, 5.74) is 0.923. The van der Waals surface area contributed by atoms with Crippen molar-refractivity contribution in [2.24, 2.45) is 5.92 Å². The van der Waals surface area contributed by atoms with Crippen molar-refractivity contribution in [1.29, 1.82) is 5.26 Å². The minimum absolute atomic E-state index is 0.150. The van der Waals surface area contributed by atoms with E-state index in [1.54, 1.807) is 0 Å². The van der Waals surface area contributed by atoms with Crippen LogP contribution in [-0.4, -0.2) is 6.04 Å². The molecule has 0 aromatic heterocycles. The summed E-state index contributed by atoms with van der Waals surface area (Å²) in [5.74, 6) is 0.384. The first-order chi connectivity index (χ1) is 8.70. The Bertz CT molecular complexity index is 493. The van der Waals surface area contributed by atoms with Gasteiger partial charge in [0, 0.05) is 10.2 Å². The molecule has 1 aromatic carbocycles. The highest BCUT2D eigenvalue weighted by Crippen LogP contribution is 2.28.